The predicted molar refractivity (Wildman–Crippen MR) is 144 cm³/mol. The lowest BCUT2D eigenvalue weighted by atomic mass is 9.98. The average molecular weight is 493 g/mol. The number of benzene rings is 2. The Kier molecular flexibility index (Phi) is 12.1. The summed E-state index contributed by atoms with van der Waals surface area (Å²) in [6, 6.07) is 16.9. The van der Waals surface area contributed by atoms with Crippen LogP contribution in [0.2, 0.25) is 0 Å². The monoisotopic (exact) mass is 492 g/mol. The first-order valence-electron chi connectivity index (χ1n) is 12.7. The molecule has 1 N–H and O–H groups in total. The minimum absolute atomic E-state index is 0.0180. The van der Waals surface area contributed by atoms with Crippen molar-refractivity contribution >= 4 is 11.9 Å². The van der Waals surface area contributed by atoms with Crippen molar-refractivity contribution in [2.45, 2.75) is 65.4 Å². The highest BCUT2D eigenvalue weighted by Crippen LogP contribution is 2.24. The van der Waals surface area contributed by atoms with E-state index < -0.39 is 24.6 Å². The highest BCUT2D eigenvalue weighted by atomic mass is 16.6. The van der Waals surface area contributed by atoms with Crippen LogP contribution in [0.1, 0.15) is 68.4 Å². The Morgan fingerprint density at radius 3 is 1.86 bits per heavy atom. The van der Waals surface area contributed by atoms with Crippen molar-refractivity contribution in [2.24, 2.45) is 5.92 Å². The smallest absolute Gasteiger partial charge is 0.335 e. The van der Waals surface area contributed by atoms with Crippen molar-refractivity contribution < 1.29 is 24.2 Å². The van der Waals surface area contributed by atoms with Gasteiger partial charge in [-0.2, -0.15) is 0 Å². The molecule has 0 radical (unpaired) electrons. The number of aliphatic hydroxyl groups excluding tert-OH is 1. The molecule has 0 saturated heterocycles. The molecule has 2 aromatic carbocycles. The second kappa shape index (κ2) is 15.0. The maximum absolute atomic E-state index is 12.1. The number of aliphatic hydroxyl groups is 1. The van der Waals surface area contributed by atoms with Crippen molar-refractivity contribution in [2.75, 3.05) is 13.2 Å². The van der Waals surface area contributed by atoms with Crippen LogP contribution >= 0.6 is 0 Å². The molecule has 0 aliphatic carbocycles. The van der Waals surface area contributed by atoms with Gasteiger partial charge in [-0.1, -0.05) is 82.0 Å². The topological polar surface area (TPSA) is 72.8 Å². The van der Waals surface area contributed by atoms with Gasteiger partial charge in [-0.3, -0.25) is 0 Å². The van der Waals surface area contributed by atoms with Crippen molar-refractivity contribution in [3.8, 4) is 0 Å². The van der Waals surface area contributed by atoms with Gasteiger partial charge in [0.25, 0.3) is 0 Å². The molecule has 194 valence electrons. The maximum atomic E-state index is 12.1. The molecular weight excluding hydrogens is 452 g/mol. The van der Waals surface area contributed by atoms with Crippen LogP contribution in [0, 0.1) is 5.92 Å². The molecule has 0 saturated carbocycles. The molecule has 0 amide bonds. The third-order valence-corrected chi connectivity index (χ3v) is 6.01. The van der Waals surface area contributed by atoms with Crippen molar-refractivity contribution in [1.29, 1.82) is 0 Å². The van der Waals surface area contributed by atoms with Gasteiger partial charge in [-0.25, -0.2) is 9.59 Å². The lowest BCUT2D eigenvalue weighted by Gasteiger charge is -2.19. The van der Waals surface area contributed by atoms with E-state index in [9.17, 15) is 9.59 Å². The maximum Gasteiger partial charge on any atom is 0.335 e. The standard InChI is InChI=1S/C31H40O5/c1-22(2)7-6-8-25-9-11-26(12-10-25)13-14-27-15-17-28(18-16-27)29(36-30(33)23(3)4)19-20-35-31(34)24(5)21-32/h9-12,15-18,22,29,32H,3,5-8,13-14,19-21H2,1-2,4H3. The molecule has 0 spiro atoms. The Balaban J connectivity index is 1.94. The minimum atomic E-state index is -0.665. The van der Waals surface area contributed by atoms with Crippen LogP contribution in [0.25, 0.3) is 0 Å². The van der Waals surface area contributed by atoms with Crippen molar-refractivity contribution in [1.82, 2.24) is 0 Å². The molecule has 0 aromatic heterocycles. The molecule has 0 heterocycles. The predicted octanol–water partition coefficient (Wildman–Crippen LogP) is 6.09. The molecule has 2 aromatic rings. The second-order valence-electron chi connectivity index (χ2n) is 9.70. The van der Waals surface area contributed by atoms with Crippen molar-refractivity contribution in [3.63, 3.8) is 0 Å². The number of aryl methyl sites for hydroxylation is 3. The number of carbonyl (C=O) groups is 2. The van der Waals surface area contributed by atoms with Gasteiger partial charge < -0.3 is 14.6 Å². The molecular formula is C31H40O5. The van der Waals surface area contributed by atoms with Gasteiger partial charge in [-0.05, 0) is 60.8 Å². The molecule has 5 nitrogen and oxygen atoms in total. The van der Waals surface area contributed by atoms with Gasteiger partial charge in [0, 0.05) is 12.0 Å². The zero-order valence-corrected chi connectivity index (χ0v) is 21.9. The lowest BCUT2D eigenvalue weighted by Crippen LogP contribution is -2.16. The fourth-order valence-electron chi connectivity index (χ4n) is 3.72. The van der Waals surface area contributed by atoms with E-state index in [-0.39, 0.29) is 18.6 Å². The molecule has 0 aliphatic rings. The van der Waals surface area contributed by atoms with E-state index in [0.29, 0.717) is 5.57 Å². The number of hydrogen-bond acceptors (Lipinski definition) is 5. The summed E-state index contributed by atoms with van der Waals surface area (Å²) in [6.45, 7) is 12.8. The van der Waals surface area contributed by atoms with Crippen LogP contribution in [-0.4, -0.2) is 30.3 Å². The van der Waals surface area contributed by atoms with Gasteiger partial charge in [-0.15, -0.1) is 0 Å². The first-order valence-corrected chi connectivity index (χ1v) is 12.7. The quantitative estimate of drug-likeness (QED) is 0.240. The van der Waals surface area contributed by atoms with Gasteiger partial charge in [0.15, 0.2) is 0 Å². The largest absolute Gasteiger partial charge is 0.462 e. The summed E-state index contributed by atoms with van der Waals surface area (Å²) in [5, 5.41) is 8.99. The van der Waals surface area contributed by atoms with Crippen LogP contribution in [-0.2, 0) is 38.3 Å². The molecule has 0 fully saturated rings. The molecule has 0 bridgehead atoms. The number of rotatable bonds is 15. The number of esters is 2. The van der Waals surface area contributed by atoms with Crippen LogP contribution < -0.4 is 0 Å². The van der Waals surface area contributed by atoms with Crippen LogP contribution in [0.15, 0.2) is 72.8 Å². The summed E-state index contributed by atoms with van der Waals surface area (Å²) in [4.78, 5) is 23.9. The summed E-state index contributed by atoms with van der Waals surface area (Å²) < 4.78 is 10.7. The van der Waals surface area contributed by atoms with Gasteiger partial charge in [0.1, 0.15) is 6.10 Å². The zero-order chi connectivity index (χ0) is 26.5. The van der Waals surface area contributed by atoms with E-state index in [1.54, 1.807) is 6.92 Å². The fourth-order valence-corrected chi connectivity index (χ4v) is 3.72. The first kappa shape index (κ1) is 29.1. The van der Waals surface area contributed by atoms with E-state index in [4.69, 9.17) is 14.6 Å². The third kappa shape index (κ3) is 10.2. The normalized spacial score (nSPS) is 11.7. The average Bonchev–Trinajstić information content (AvgIpc) is 2.87. The van der Waals surface area contributed by atoms with E-state index >= 15 is 0 Å². The Hall–Kier alpha value is -3.18. The molecule has 5 heteroatoms. The fraction of sp³-hybridized carbons (Fsp3) is 0.419. The Morgan fingerprint density at radius 1 is 0.833 bits per heavy atom. The summed E-state index contributed by atoms with van der Waals surface area (Å²) in [5.41, 5.74) is 4.99. The highest BCUT2D eigenvalue weighted by molar-refractivity contribution is 5.88. The van der Waals surface area contributed by atoms with Crippen LogP contribution in [0.3, 0.4) is 0 Å². The van der Waals surface area contributed by atoms with Crippen molar-refractivity contribution in [3.05, 3.63) is 95.1 Å². The SMILES string of the molecule is C=C(C)C(=O)OC(CCOC(=O)C(=C)CO)c1ccc(CCc2ccc(CCCC(C)C)cc2)cc1. The van der Waals surface area contributed by atoms with E-state index in [1.165, 1.54) is 29.5 Å². The van der Waals surface area contributed by atoms with Gasteiger partial charge >= 0.3 is 11.9 Å². The Morgan fingerprint density at radius 2 is 1.36 bits per heavy atom. The lowest BCUT2D eigenvalue weighted by molar-refractivity contribution is -0.147. The van der Waals surface area contributed by atoms with E-state index in [2.05, 4.69) is 51.3 Å². The van der Waals surface area contributed by atoms with E-state index in [0.717, 1.165) is 30.7 Å². The van der Waals surface area contributed by atoms with E-state index in [1.807, 2.05) is 24.3 Å². The van der Waals surface area contributed by atoms with Crippen LogP contribution in [0.5, 0.6) is 0 Å². The molecule has 0 aliphatic heterocycles. The van der Waals surface area contributed by atoms with Gasteiger partial charge in [0.2, 0.25) is 0 Å². The molecule has 2 rings (SSSR count). The van der Waals surface area contributed by atoms with Gasteiger partial charge in [0.05, 0.1) is 18.8 Å². The molecule has 36 heavy (non-hydrogen) atoms. The molecule has 1 atom stereocenters. The second-order valence-corrected chi connectivity index (χ2v) is 9.70. The third-order valence-electron chi connectivity index (χ3n) is 6.01. The Bertz CT molecular complexity index is 1000. The minimum Gasteiger partial charge on any atom is -0.462 e. The number of carbonyl (C=O) groups excluding carboxylic acids is 2. The number of hydrogen-bond donors (Lipinski definition) is 1. The number of ether oxygens (including phenoxy) is 2. The zero-order valence-electron chi connectivity index (χ0n) is 21.9. The highest BCUT2D eigenvalue weighted by Gasteiger charge is 2.19. The Labute approximate surface area is 215 Å². The summed E-state index contributed by atoms with van der Waals surface area (Å²) in [6.07, 6.45) is 5.18. The summed E-state index contributed by atoms with van der Waals surface area (Å²) in [5.74, 6) is -0.414. The first-order chi connectivity index (χ1) is 17.2. The summed E-state index contributed by atoms with van der Waals surface area (Å²) in [7, 11) is 0. The summed E-state index contributed by atoms with van der Waals surface area (Å²) >= 11 is 0. The molecule has 1 unspecified atom stereocenters. The van der Waals surface area contributed by atoms with Crippen LogP contribution in [0.4, 0.5) is 0 Å².